The predicted molar refractivity (Wildman–Crippen MR) is 100.0 cm³/mol. The van der Waals surface area contributed by atoms with E-state index in [-0.39, 0.29) is 11.4 Å². The summed E-state index contributed by atoms with van der Waals surface area (Å²) in [5.41, 5.74) is 1.80. The first-order valence-electron chi connectivity index (χ1n) is 7.85. The zero-order chi connectivity index (χ0) is 16.9. The number of nitrogens with one attached hydrogen (secondary N) is 1. The number of halogens is 1. The number of hydrogen-bond acceptors (Lipinski definition) is 3. The third kappa shape index (κ3) is 3.97. The van der Waals surface area contributed by atoms with Crippen LogP contribution < -0.4 is 10.1 Å². The lowest BCUT2D eigenvalue weighted by Gasteiger charge is -2.24. The molecular formula is C18H19ClN2O2S. The monoisotopic (exact) mass is 362 g/mol. The smallest absolute Gasteiger partial charge is 0.323 e. The normalized spacial score (nSPS) is 16.9. The van der Waals surface area contributed by atoms with Gasteiger partial charge in [-0.1, -0.05) is 23.7 Å². The van der Waals surface area contributed by atoms with Gasteiger partial charge >= 0.3 is 6.03 Å². The molecule has 126 valence electrons. The van der Waals surface area contributed by atoms with Gasteiger partial charge in [0.05, 0.1) is 6.61 Å². The summed E-state index contributed by atoms with van der Waals surface area (Å²) >= 11 is 7.83. The molecule has 2 aromatic carbocycles. The van der Waals surface area contributed by atoms with E-state index in [1.807, 2.05) is 60.4 Å². The number of carbonyl (C=O) groups excluding carboxylic acids is 1. The summed E-state index contributed by atoms with van der Waals surface area (Å²) in [5, 5.41) is 3.63. The Labute approximate surface area is 151 Å². The van der Waals surface area contributed by atoms with Gasteiger partial charge in [-0.25, -0.2) is 4.79 Å². The first-order valence-corrected chi connectivity index (χ1v) is 9.27. The van der Waals surface area contributed by atoms with Crippen LogP contribution in [-0.2, 0) is 0 Å². The lowest BCUT2D eigenvalue weighted by Crippen LogP contribution is -2.34. The van der Waals surface area contributed by atoms with Crippen LogP contribution in [0.25, 0.3) is 0 Å². The molecule has 1 heterocycles. The number of urea groups is 1. The molecule has 1 aliphatic heterocycles. The molecule has 1 aliphatic rings. The number of thioether (sulfide) groups is 1. The van der Waals surface area contributed by atoms with Crippen LogP contribution in [0.4, 0.5) is 10.5 Å². The second-order valence-corrected chi connectivity index (χ2v) is 6.98. The van der Waals surface area contributed by atoms with Crippen molar-refractivity contribution in [1.82, 2.24) is 4.90 Å². The molecule has 2 amide bonds. The minimum absolute atomic E-state index is 0.00796. The van der Waals surface area contributed by atoms with E-state index in [1.54, 1.807) is 11.8 Å². The number of anilines is 1. The van der Waals surface area contributed by atoms with E-state index in [9.17, 15) is 4.79 Å². The molecule has 0 aliphatic carbocycles. The van der Waals surface area contributed by atoms with E-state index in [1.165, 1.54) is 0 Å². The second kappa shape index (κ2) is 7.81. The molecular weight excluding hydrogens is 344 g/mol. The Balaban J connectivity index is 1.69. The van der Waals surface area contributed by atoms with Gasteiger partial charge < -0.3 is 15.0 Å². The average Bonchev–Trinajstić information content (AvgIpc) is 3.07. The van der Waals surface area contributed by atoms with Crippen molar-refractivity contribution in [3.05, 3.63) is 59.1 Å². The highest BCUT2D eigenvalue weighted by molar-refractivity contribution is 7.99. The minimum atomic E-state index is -0.103. The van der Waals surface area contributed by atoms with Gasteiger partial charge in [0, 0.05) is 23.0 Å². The van der Waals surface area contributed by atoms with Crippen LogP contribution in [0.5, 0.6) is 5.75 Å². The van der Waals surface area contributed by atoms with E-state index in [0.717, 1.165) is 22.8 Å². The first kappa shape index (κ1) is 17.0. The van der Waals surface area contributed by atoms with E-state index in [0.29, 0.717) is 18.2 Å². The van der Waals surface area contributed by atoms with Crippen molar-refractivity contribution >= 4 is 35.1 Å². The lowest BCUT2D eigenvalue weighted by molar-refractivity contribution is 0.214. The molecule has 0 saturated carbocycles. The molecule has 0 aromatic heterocycles. The van der Waals surface area contributed by atoms with Crippen molar-refractivity contribution in [2.75, 3.05) is 24.2 Å². The second-order valence-electron chi connectivity index (χ2n) is 5.36. The van der Waals surface area contributed by atoms with Crippen molar-refractivity contribution in [2.24, 2.45) is 0 Å². The van der Waals surface area contributed by atoms with Gasteiger partial charge in [0.15, 0.2) is 0 Å². The molecule has 1 N–H and O–H groups in total. The van der Waals surface area contributed by atoms with Crippen LogP contribution in [0, 0.1) is 0 Å². The van der Waals surface area contributed by atoms with Crippen LogP contribution in [0.2, 0.25) is 5.02 Å². The van der Waals surface area contributed by atoms with Crippen LogP contribution in [0.1, 0.15) is 17.9 Å². The standard InChI is InChI=1S/C18H19ClN2O2S/c1-2-23-16-8-6-15(7-9-16)20-18(22)21-10-11-24-17(21)13-4-3-5-14(19)12-13/h3-9,12,17H,2,10-11H2,1H3,(H,20,22). The van der Waals surface area contributed by atoms with Crippen molar-refractivity contribution < 1.29 is 9.53 Å². The topological polar surface area (TPSA) is 41.6 Å². The largest absolute Gasteiger partial charge is 0.494 e. The zero-order valence-corrected chi connectivity index (χ0v) is 14.9. The van der Waals surface area contributed by atoms with E-state index < -0.39 is 0 Å². The van der Waals surface area contributed by atoms with Gasteiger partial charge in [-0.15, -0.1) is 11.8 Å². The van der Waals surface area contributed by atoms with E-state index >= 15 is 0 Å². The molecule has 3 rings (SSSR count). The maximum absolute atomic E-state index is 12.6. The molecule has 4 nitrogen and oxygen atoms in total. The van der Waals surface area contributed by atoms with Crippen molar-refractivity contribution in [3.8, 4) is 5.75 Å². The molecule has 6 heteroatoms. The van der Waals surface area contributed by atoms with Gasteiger partial charge in [-0.3, -0.25) is 0 Å². The van der Waals surface area contributed by atoms with Crippen LogP contribution in [0.3, 0.4) is 0 Å². The van der Waals surface area contributed by atoms with Gasteiger partial charge in [-0.2, -0.15) is 0 Å². The number of carbonyl (C=O) groups is 1. The summed E-state index contributed by atoms with van der Waals surface area (Å²) in [5.74, 6) is 1.71. The van der Waals surface area contributed by atoms with Crippen molar-refractivity contribution in [1.29, 1.82) is 0 Å². The fourth-order valence-corrected chi connectivity index (χ4v) is 4.06. The highest BCUT2D eigenvalue weighted by atomic mass is 35.5. The molecule has 0 radical (unpaired) electrons. The van der Waals surface area contributed by atoms with Gasteiger partial charge in [0.25, 0.3) is 0 Å². The Bertz CT molecular complexity index is 708. The van der Waals surface area contributed by atoms with Crippen molar-refractivity contribution in [3.63, 3.8) is 0 Å². The lowest BCUT2D eigenvalue weighted by atomic mass is 10.2. The summed E-state index contributed by atoms with van der Waals surface area (Å²) < 4.78 is 5.41. The van der Waals surface area contributed by atoms with Crippen LogP contribution in [0.15, 0.2) is 48.5 Å². The summed E-state index contributed by atoms with van der Waals surface area (Å²) in [6.07, 6.45) is 0. The fraction of sp³-hybridized carbons (Fsp3) is 0.278. The average molecular weight is 363 g/mol. The molecule has 0 bridgehead atoms. The van der Waals surface area contributed by atoms with Gasteiger partial charge in [-0.05, 0) is 48.9 Å². The SMILES string of the molecule is CCOc1ccc(NC(=O)N2CCSC2c2cccc(Cl)c2)cc1. The molecule has 0 spiro atoms. The Morgan fingerprint density at radius 2 is 2.12 bits per heavy atom. The summed E-state index contributed by atoms with van der Waals surface area (Å²) in [6.45, 7) is 3.28. The quantitative estimate of drug-likeness (QED) is 0.830. The zero-order valence-electron chi connectivity index (χ0n) is 13.4. The number of rotatable bonds is 4. The molecule has 1 atom stereocenters. The Kier molecular flexibility index (Phi) is 5.53. The first-order chi connectivity index (χ1) is 11.7. The van der Waals surface area contributed by atoms with E-state index in [4.69, 9.17) is 16.3 Å². The number of ether oxygens (including phenoxy) is 1. The highest BCUT2D eigenvalue weighted by Crippen LogP contribution is 2.38. The molecule has 1 saturated heterocycles. The Morgan fingerprint density at radius 1 is 1.33 bits per heavy atom. The fourth-order valence-electron chi connectivity index (χ4n) is 2.61. The molecule has 2 aromatic rings. The summed E-state index contributed by atoms with van der Waals surface area (Å²) in [4.78, 5) is 14.5. The molecule has 24 heavy (non-hydrogen) atoms. The Morgan fingerprint density at radius 3 is 2.83 bits per heavy atom. The van der Waals surface area contributed by atoms with Crippen LogP contribution in [-0.4, -0.2) is 29.8 Å². The molecule has 1 fully saturated rings. The Hall–Kier alpha value is -1.85. The van der Waals surface area contributed by atoms with Gasteiger partial charge in [0.1, 0.15) is 11.1 Å². The number of hydrogen-bond donors (Lipinski definition) is 1. The van der Waals surface area contributed by atoms with Crippen molar-refractivity contribution in [2.45, 2.75) is 12.3 Å². The number of nitrogens with zero attached hydrogens (tertiary/aromatic N) is 1. The van der Waals surface area contributed by atoms with Crippen LogP contribution >= 0.6 is 23.4 Å². The predicted octanol–water partition coefficient (Wildman–Crippen LogP) is 5.02. The maximum Gasteiger partial charge on any atom is 0.323 e. The maximum atomic E-state index is 12.6. The third-order valence-electron chi connectivity index (χ3n) is 3.70. The summed E-state index contributed by atoms with van der Waals surface area (Å²) in [6, 6.07) is 15.0. The highest BCUT2D eigenvalue weighted by Gasteiger charge is 2.30. The number of benzene rings is 2. The summed E-state index contributed by atoms with van der Waals surface area (Å²) in [7, 11) is 0. The number of amides is 2. The molecule has 1 unspecified atom stereocenters. The van der Waals surface area contributed by atoms with E-state index in [2.05, 4.69) is 5.32 Å². The third-order valence-corrected chi connectivity index (χ3v) is 5.20. The minimum Gasteiger partial charge on any atom is -0.494 e. The van der Waals surface area contributed by atoms with Gasteiger partial charge in [0.2, 0.25) is 0 Å².